The van der Waals surface area contributed by atoms with Gasteiger partial charge >= 0.3 is 0 Å². The van der Waals surface area contributed by atoms with Crippen molar-refractivity contribution in [3.05, 3.63) is 58.6 Å². The summed E-state index contributed by atoms with van der Waals surface area (Å²) in [6, 6.07) is 13.2. The van der Waals surface area contributed by atoms with Crippen molar-refractivity contribution in [1.82, 2.24) is 0 Å². The number of hydrogen-bond donors (Lipinski definition) is 1. The molecule has 0 saturated carbocycles. The van der Waals surface area contributed by atoms with Crippen LogP contribution in [-0.2, 0) is 12.0 Å². The maximum atomic E-state index is 9.35. The first-order chi connectivity index (χ1) is 9.40. The molecule has 106 valence electrons. The van der Waals surface area contributed by atoms with Gasteiger partial charge in [-0.15, -0.1) is 0 Å². The Labute approximate surface area is 125 Å². The molecule has 0 amide bonds. The van der Waals surface area contributed by atoms with Gasteiger partial charge in [0.1, 0.15) is 11.5 Å². The third kappa shape index (κ3) is 3.53. The number of ether oxygens (including phenoxy) is 1. The largest absolute Gasteiger partial charge is 0.457 e. The molecular weight excluding hydrogens is 272 g/mol. The van der Waals surface area contributed by atoms with Gasteiger partial charge in [0.2, 0.25) is 0 Å². The van der Waals surface area contributed by atoms with Gasteiger partial charge in [-0.25, -0.2) is 0 Å². The van der Waals surface area contributed by atoms with E-state index in [9.17, 15) is 5.11 Å². The Morgan fingerprint density at radius 3 is 2.50 bits per heavy atom. The van der Waals surface area contributed by atoms with Gasteiger partial charge in [0.15, 0.2) is 0 Å². The summed E-state index contributed by atoms with van der Waals surface area (Å²) in [6.45, 7) is 6.39. The van der Waals surface area contributed by atoms with Crippen molar-refractivity contribution < 1.29 is 9.84 Å². The molecule has 0 fully saturated rings. The van der Waals surface area contributed by atoms with Crippen molar-refractivity contribution in [2.24, 2.45) is 0 Å². The standard InChI is InChI=1S/C17H19ClO2/c1-17(2,3)13-5-4-6-15(9-13)20-16-10-14(18)8-7-12(16)11-19/h4-10,19H,11H2,1-3H3. The zero-order valence-electron chi connectivity index (χ0n) is 12.0. The van der Waals surface area contributed by atoms with Gasteiger partial charge in [-0.2, -0.15) is 0 Å². The molecule has 2 aromatic rings. The Hall–Kier alpha value is -1.51. The van der Waals surface area contributed by atoms with E-state index in [0.717, 1.165) is 11.3 Å². The second kappa shape index (κ2) is 5.86. The fourth-order valence-corrected chi connectivity index (χ4v) is 2.07. The van der Waals surface area contributed by atoms with Crippen LogP contribution >= 0.6 is 11.6 Å². The van der Waals surface area contributed by atoms with Crippen LogP contribution in [0.1, 0.15) is 31.9 Å². The van der Waals surface area contributed by atoms with E-state index < -0.39 is 0 Å². The number of halogens is 1. The van der Waals surface area contributed by atoms with Gasteiger partial charge in [0, 0.05) is 10.6 Å². The Balaban J connectivity index is 2.33. The zero-order chi connectivity index (χ0) is 14.8. The highest BCUT2D eigenvalue weighted by Crippen LogP contribution is 2.31. The Kier molecular flexibility index (Phi) is 4.36. The molecule has 0 atom stereocenters. The van der Waals surface area contributed by atoms with E-state index in [-0.39, 0.29) is 12.0 Å². The number of benzene rings is 2. The van der Waals surface area contributed by atoms with Crippen LogP contribution in [0.5, 0.6) is 11.5 Å². The minimum absolute atomic E-state index is 0.0630. The lowest BCUT2D eigenvalue weighted by Crippen LogP contribution is -2.10. The summed E-state index contributed by atoms with van der Waals surface area (Å²) < 4.78 is 5.87. The van der Waals surface area contributed by atoms with Gasteiger partial charge in [0.05, 0.1) is 6.61 Å². The minimum Gasteiger partial charge on any atom is -0.457 e. The van der Waals surface area contributed by atoms with Gasteiger partial charge < -0.3 is 9.84 Å². The van der Waals surface area contributed by atoms with E-state index in [0.29, 0.717) is 10.8 Å². The predicted molar refractivity (Wildman–Crippen MR) is 82.6 cm³/mol. The van der Waals surface area contributed by atoms with Crippen LogP contribution in [0.4, 0.5) is 0 Å². The lowest BCUT2D eigenvalue weighted by molar-refractivity contribution is 0.276. The molecule has 1 N–H and O–H groups in total. The second-order valence-corrected chi connectivity index (χ2v) is 6.23. The second-order valence-electron chi connectivity index (χ2n) is 5.79. The van der Waals surface area contributed by atoms with Crippen molar-refractivity contribution in [3.63, 3.8) is 0 Å². The normalized spacial score (nSPS) is 11.4. The Bertz CT molecular complexity index is 600. The third-order valence-electron chi connectivity index (χ3n) is 3.13. The minimum atomic E-state index is -0.0779. The predicted octanol–water partition coefficient (Wildman–Crippen LogP) is 4.92. The lowest BCUT2D eigenvalue weighted by atomic mass is 9.87. The fraction of sp³-hybridized carbons (Fsp3) is 0.294. The summed E-state index contributed by atoms with van der Waals surface area (Å²) in [4.78, 5) is 0. The molecule has 2 rings (SSSR count). The van der Waals surface area contributed by atoms with Crippen LogP contribution in [0.2, 0.25) is 5.02 Å². The average Bonchev–Trinajstić information content (AvgIpc) is 2.38. The van der Waals surface area contributed by atoms with Crippen molar-refractivity contribution in [3.8, 4) is 11.5 Å². The van der Waals surface area contributed by atoms with E-state index in [1.165, 1.54) is 5.56 Å². The number of aliphatic hydroxyl groups excluding tert-OH is 1. The number of hydrogen-bond acceptors (Lipinski definition) is 2. The smallest absolute Gasteiger partial charge is 0.134 e. The molecule has 0 spiro atoms. The fourth-order valence-electron chi connectivity index (χ4n) is 1.91. The molecule has 3 heteroatoms. The monoisotopic (exact) mass is 290 g/mol. The molecule has 0 aliphatic heterocycles. The van der Waals surface area contributed by atoms with E-state index in [2.05, 4.69) is 26.8 Å². The molecule has 0 aromatic heterocycles. The van der Waals surface area contributed by atoms with Gasteiger partial charge in [-0.1, -0.05) is 50.6 Å². The van der Waals surface area contributed by atoms with Crippen LogP contribution < -0.4 is 4.74 Å². The zero-order valence-corrected chi connectivity index (χ0v) is 12.7. The van der Waals surface area contributed by atoms with Crippen molar-refractivity contribution in [2.45, 2.75) is 32.8 Å². The molecule has 2 aromatic carbocycles. The molecule has 0 aliphatic rings. The van der Waals surface area contributed by atoms with Crippen LogP contribution in [0.25, 0.3) is 0 Å². The summed E-state index contributed by atoms with van der Waals surface area (Å²) in [6.07, 6.45) is 0. The van der Waals surface area contributed by atoms with Gasteiger partial charge in [-0.3, -0.25) is 0 Å². The number of rotatable bonds is 3. The highest BCUT2D eigenvalue weighted by molar-refractivity contribution is 6.30. The average molecular weight is 291 g/mol. The summed E-state index contributed by atoms with van der Waals surface area (Å²) in [5.41, 5.74) is 1.98. The molecule has 2 nitrogen and oxygen atoms in total. The van der Waals surface area contributed by atoms with E-state index >= 15 is 0 Å². The number of aliphatic hydroxyl groups is 1. The summed E-state index contributed by atoms with van der Waals surface area (Å²) in [5.74, 6) is 1.33. The van der Waals surface area contributed by atoms with E-state index in [1.54, 1.807) is 18.2 Å². The molecule has 0 heterocycles. The van der Waals surface area contributed by atoms with Gasteiger partial charge in [0.25, 0.3) is 0 Å². The molecule has 0 radical (unpaired) electrons. The quantitative estimate of drug-likeness (QED) is 0.869. The summed E-state index contributed by atoms with van der Waals surface area (Å²) in [5, 5.41) is 9.94. The Morgan fingerprint density at radius 1 is 1.10 bits per heavy atom. The maximum absolute atomic E-state index is 9.35. The Morgan fingerprint density at radius 2 is 1.85 bits per heavy atom. The van der Waals surface area contributed by atoms with Crippen molar-refractivity contribution in [1.29, 1.82) is 0 Å². The molecule has 0 aliphatic carbocycles. The van der Waals surface area contributed by atoms with Crippen LogP contribution in [0, 0.1) is 0 Å². The maximum Gasteiger partial charge on any atom is 0.134 e. The highest BCUT2D eigenvalue weighted by atomic mass is 35.5. The van der Waals surface area contributed by atoms with Crippen molar-refractivity contribution >= 4 is 11.6 Å². The van der Waals surface area contributed by atoms with E-state index in [4.69, 9.17) is 16.3 Å². The topological polar surface area (TPSA) is 29.5 Å². The molecular formula is C17H19ClO2. The SMILES string of the molecule is CC(C)(C)c1cccc(Oc2cc(Cl)ccc2CO)c1. The van der Waals surface area contributed by atoms with Crippen molar-refractivity contribution in [2.75, 3.05) is 0 Å². The lowest BCUT2D eigenvalue weighted by Gasteiger charge is -2.20. The summed E-state index contributed by atoms with van der Waals surface area (Å²) in [7, 11) is 0. The molecule has 0 unspecified atom stereocenters. The van der Waals surface area contributed by atoms with Crippen LogP contribution in [0.15, 0.2) is 42.5 Å². The first kappa shape index (κ1) is 14.9. The highest BCUT2D eigenvalue weighted by Gasteiger charge is 2.14. The van der Waals surface area contributed by atoms with E-state index in [1.807, 2.05) is 18.2 Å². The first-order valence-corrected chi connectivity index (χ1v) is 6.95. The van der Waals surface area contributed by atoms with Gasteiger partial charge in [-0.05, 0) is 35.2 Å². The van der Waals surface area contributed by atoms with Crippen LogP contribution in [0.3, 0.4) is 0 Å². The third-order valence-corrected chi connectivity index (χ3v) is 3.36. The summed E-state index contributed by atoms with van der Waals surface area (Å²) >= 11 is 5.98. The van der Waals surface area contributed by atoms with Crippen LogP contribution in [-0.4, -0.2) is 5.11 Å². The molecule has 20 heavy (non-hydrogen) atoms. The molecule has 0 bridgehead atoms. The first-order valence-electron chi connectivity index (χ1n) is 6.58. The molecule has 0 saturated heterocycles.